The number of rotatable bonds is 5. The van der Waals surface area contributed by atoms with Crippen LogP contribution in [0.2, 0.25) is 5.02 Å². The molecule has 0 aliphatic carbocycles. The predicted molar refractivity (Wildman–Crippen MR) is 129 cm³/mol. The molecule has 1 aliphatic heterocycles. The lowest BCUT2D eigenvalue weighted by atomic mass is 10.1. The molecule has 0 saturated carbocycles. The van der Waals surface area contributed by atoms with Crippen molar-refractivity contribution in [2.24, 2.45) is 5.92 Å². The van der Waals surface area contributed by atoms with Gasteiger partial charge in [-0.05, 0) is 49.6 Å². The van der Waals surface area contributed by atoms with Crippen LogP contribution in [0.15, 0.2) is 34.2 Å². The fourth-order valence-corrected chi connectivity index (χ4v) is 6.84. The van der Waals surface area contributed by atoms with E-state index in [4.69, 9.17) is 11.6 Å². The summed E-state index contributed by atoms with van der Waals surface area (Å²) < 4.78 is 3.74. The number of benzene rings is 1. The fourth-order valence-electron chi connectivity index (χ4n) is 4.01. The van der Waals surface area contributed by atoms with Crippen LogP contribution in [0, 0.1) is 5.92 Å². The number of aromatic nitrogens is 4. The minimum absolute atomic E-state index is 0.0436. The Bertz CT molecular complexity index is 1340. The summed E-state index contributed by atoms with van der Waals surface area (Å²) in [7, 11) is 2.12. The average Bonchev–Trinajstić information content (AvgIpc) is 3.29. The van der Waals surface area contributed by atoms with Crippen LogP contribution in [0.25, 0.3) is 21.7 Å². The lowest BCUT2D eigenvalue weighted by molar-refractivity contribution is 0.318. The van der Waals surface area contributed by atoms with E-state index in [9.17, 15) is 4.79 Å². The molecule has 0 spiro atoms. The molecule has 0 radical (unpaired) electrons. The molecule has 5 rings (SSSR count). The van der Waals surface area contributed by atoms with Crippen LogP contribution in [-0.2, 0) is 13.0 Å². The van der Waals surface area contributed by atoms with Gasteiger partial charge in [0.05, 0.1) is 11.1 Å². The van der Waals surface area contributed by atoms with E-state index in [1.165, 1.54) is 10.4 Å². The first-order chi connectivity index (χ1) is 14.9. The third-order valence-corrected chi connectivity index (χ3v) is 8.06. The van der Waals surface area contributed by atoms with Crippen molar-refractivity contribution in [3.63, 3.8) is 0 Å². The zero-order valence-corrected chi connectivity index (χ0v) is 20.1. The lowest BCUT2D eigenvalue weighted by Gasteiger charge is -2.21. The van der Waals surface area contributed by atoms with Crippen molar-refractivity contribution in [1.82, 2.24) is 24.1 Å². The Morgan fingerprint density at radius 3 is 2.90 bits per heavy atom. The zero-order chi connectivity index (χ0) is 21.7. The smallest absolute Gasteiger partial charge is 0.268 e. The number of likely N-dealkylation sites (N-methyl/N-ethyl adjacent to an activating group) is 1. The largest absolute Gasteiger partial charge is 0.301 e. The Morgan fingerprint density at radius 1 is 1.29 bits per heavy atom. The Hall–Kier alpha value is -1.87. The second-order valence-electron chi connectivity index (χ2n) is 8.44. The summed E-state index contributed by atoms with van der Waals surface area (Å²) >= 11 is 9.67. The van der Waals surface area contributed by atoms with E-state index < -0.39 is 0 Å². The fraction of sp³-hybridized carbons (Fsp3) is 0.409. The molecule has 9 heteroatoms. The van der Waals surface area contributed by atoms with Gasteiger partial charge in [-0.1, -0.05) is 43.3 Å². The maximum absolute atomic E-state index is 13.8. The van der Waals surface area contributed by atoms with Gasteiger partial charge < -0.3 is 4.90 Å². The van der Waals surface area contributed by atoms with Gasteiger partial charge in [-0.25, -0.2) is 8.97 Å². The highest BCUT2D eigenvalue weighted by Crippen LogP contribution is 2.35. The molecule has 4 heterocycles. The van der Waals surface area contributed by atoms with Gasteiger partial charge in [0.2, 0.25) is 5.78 Å². The quantitative estimate of drug-likeness (QED) is 0.387. The van der Waals surface area contributed by atoms with E-state index in [1.807, 2.05) is 24.3 Å². The van der Waals surface area contributed by atoms with Crippen molar-refractivity contribution in [2.45, 2.75) is 38.4 Å². The van der Waals surface area contributed by atoms with Crippen LogP contribution < -0.4 is 5.56 Å². The summed E-state index contributed by atoms with van der Waals surface area (Å²) in [6.45, 7) is 6.26. The van der Waals surface area contributed by atoms with Crippen molar-refractivity contribution in [2.75, 3.05) is 19.3 Å². The molecule has 0 atom stereocenters. The van der Waals surface area contributed by atoms with Crippen LogP contribution in [-0.4, -0.2) is 43.4 Å². The van der Waals surface area contributed by atoms with Gasteiger partial charge >= 0.3 is 0 Å². The summed E-state index contributed by atoms with van der Waals surface area (Å²) in [6.07, 6.45) is 1.97. The summed E-state index contributed by atoms with van der Waals surface area (Å²) in [6, 6.07) is 7.37. The number of halogens is 1. The van der Waals surface area contributed by atoms with E-state index in [-0.39, 0.29) is 5.56 Å². The maximum Gasteiger partial charge on any atom is 0.268 e. The molecule has 162 valence electrons. The number of thioether (sulfide) groups is 1. The second kappa shape index (κ2) is 8.24. The minimum Gasteiger partial charge on any atom is -0.301 e. The van der Waals surface area contributed by atoms with Crippen molar-refractivity contribution < 1.29 is 0 Å². The SMILES string of the molecule is CC(C)CCSc1nnc2n(-c3cccc(Cl)c3)c(=O)c3c4c(sc3n12)CN(C)CC4. The number of fused-ring (bicyclic) bond motifs is 5. The van der Waals surface area contributed by atoms with Gasteiger partial charge in [0.15, 0.2) is 5.16 Å². The number of nitrogens with zero attached hydrogens (tertiary/aromatic N) is 5. The highest BCUT2D eigenvalue weighted by Gasteiger charge is 2.26. The number of thiophene rings is 1. The van der Waals surface area contributed by atoms with E-state index in [2.05, 4.69) is 40.4 Å². The van der Waals surface area contributed by atoms with Gasteiger partial charge in [0, 0.05) is 28.7 Å². The summed E-state index contributed by atoms with van der Waals surface area (Å²) in [5.74, 6) is 2.13. The molecule has 0 bridgehead atoms. The average molecular weight is 474 g/mol. The van der Waals surface area contributed by atoms with Crippen LogP contribution in [0.5, 0.6) is 0 Å². The molecule has 1 aliphatic rings. The predicted octanol–water partition coefficient (Wildman–Crippen LogP) is 4.87. The molecular weight excluding hydrogens is 450 g/mol. The van der Waals surface area contributed by atoms with Crippen LogP contribution in [0.4, 0.5) is 0 Å². The molecule has 4 aromatic rings. The molecular formula is C22H24ClN5OS2. The number of hydrogen-bond acceptors (Lipinski definition) is 6. The van der Waals surface area contributed by atoms with E-state index >= 15 is 0 Å². The normalized spacial score (nSPS) is 14.7. The number of hydrogen-bond donors (Lipinski definition) is 0. The van der Waals surface area contributed by atoms with Crippen molar-refractivity contribution in [3.05, 3.63) is 50.1 Å². The zero-order valence-electron chi connectivity index (χ0n) is 17.8. The first kappa shape index (κ1) is 21.0. The molecule has 0 saturated heterocycles. The molecule has 0 fully saturated rings. The van der Waals surface area contributed by atoms with Crippen LogP contribution in [0.3, 0.4) is 0 Å². The van der Waals surface area contributed by atoms with Gasteiger partial charge in [-0.15, -0.1) is 21.5 Å². The third kappa shape index (κ3) is 3.69. The van der Waals surface area contributed by atoms with Crippen molar-refractivity contribution in [3.8, 4) is 5.69 Å². The first-order valence-corrected chi connectivity index (χ1v) is 12.6. The molecule has 6 nitrogen and oxygen atoms in total. The minimum atomic E-state index is -0.0436. The van der Waals surface area contributed by atoms with Crippen molar-refractivity contribution in [1.29, 1.82) is 0 Å². The second-order valence-corrected chi connectivity index (χ2v) is 11.0. The Kier molecular flexibility index (Phi) is 5.58. The highest BCUT2D eigenvalue weighted by molar-refractivity contribution is 7.99. The Morgan fingerprint density at radius 2 is 2.13 bits per heavy atom. The third-order valence-electron chi connectivity index (χ3n) is 5.66. The van der Waals surface area contributed by atoms with Crippen molar-refractivity contribution >= 4 is 50.7 Å². The van der Waals surface area contributed by atoms with E-state index in [1.54, 1.807) is 27.7 Å². The Balaban J connectivity index is 1.81. The van der Waals surface area contributed by atoms with Gasteiger partial charge in [0.1, 0.15) is 4.83 Å². The topological polar surface area (TPSA) is 55.4 Å². The standard InChI is InChI=1S/C22H24ClN5OS2/c1-13(2)8-10-30-22-25-24-21-27(15-6-4-5-14(23)11-15)19(29)18-16-7-9-26(3)12-17(16)31-20(18)28(21)22/h4-6,11,13H,7-10,12H2,1-3H3. The maximum atomic E-state index is 13.8. The lowest BCUT2D eigenvalue weighted by Crippen LogP contribution is -2.27. The van der Waals surface area contributed by atoms with E-state index in [0.717, 1.165) is 47.1 Å². The van der Waals surface area contributed by atoms with Crippen LogP contribution >= 0.6 is 34.7 Å². The van der Waals surface area contributed by atoms with Gasteiger partial charge in [0.25, 0.3) is 5.56 Å². The molecule has 0 amide bonds. The van der Waals surface area contributed by atoms with Gasteiger partial charge in [-0.3, -0.25) is 4.79 Å². The summed E-state index contributed by atoms with van der Waals surface area (Å²) in [4.78, 5) is 18.3. The molecule has 0 unspecified atom stereocenters. The monoisotopic (exact) mass is 473 g/mol. The first-order valence-electron chi connectivity index (χ1n) is 10.5. The van der Waals surface area contributed by atoms with E-state index in [0.29, 0.717) is 22.4 Å². The molecule has 31 heavy (non-hydrogen) atoms. The van der Waals surface area contributed by atoms with Gasteiger partial charge in [-0.2, -0.15) is 0 Å². The highest BCUT2D eigenvalue weighted by atomic mass is 35.5. The summed E-state index contributed by atoms with van der Waals surface area (Å²) in [5.41, 5.74) is 1.84. The van der Waals surface area contributed by atoms with Crippen LogP contribution in [0.1, 0.15) is 30.7 Å². The summed E-state index contributed by atoms with van der Waals surface area (Å²) in [5, 5.41) is 11.2. The Labute approximate surface area is 193 Å². The molecule has 3 aromatic heterocycles. The molecule has 0 N–H and O–H groups in total. The molecule has 1 aromatic carbocycles.